The molecule has 0 radical (unpaired) electrons. The molecule has 2 aliphatic heterocycles. The first-order valence-electron chi connectivity index (χ1n) is 5.14. The predicted molar refractivity (Wildman–Crippen MR) is 51.5 cm³/mol. The number of β-amino-alcohol motifs (C(OH)–C–C–N with tert-alkyl or cyclic N) is 1. The van der Waals surface area contributed by atoms with Gasteiger partial charge in [0.2, 0.25) is 0 Å². The lowest BCUT2D eigenvalue weighted by Crippen LogP contribution is -2.50. The summed E-state index contributed by atoms with van der Waals surface area (Å²) in [5.41, 5.74) is 5.40. The van der Waals surface area contributed by atoms with Crippen LogP contribution in [0.4, 0.5) is 0 Å². The zero-order valence-corrected chi connectivity index (χ0v) is 8.02. The monoisotopic (exact) mass is 185 g/mol. The molecular formula is C9H19N3O. The second-order valence-electron chi connectivity index (χ2n) is 4.13. The van der Waals surface area contributed by atoms with Crippen molar-refractivity contribution in [2.24, 2.45) is 5.73 Å². The second-order valence-corrected chi connectivity index (χ2v) is 4.13. The molecular weight excluding hydrogens is 166 g/mol. The largest absolute Gasteiger partial charge is 0.390 e. The van der Waals surface area contributed by atoms with Crippen LogP contribution in [0.15, 0.2) is 0 Å². The molecule has 2 fully saturated rings. The molecule has 76 valence electrons. The summed E-state index contributed by atoms with van der Waals surface area (Å²) in [4.78, 5) is 4.89. The van der Waals surface area contributed by atoms with Crippen LogP contribution >= 0.6 is 0 Å². The number of nitrogens with two attached hydrogens (primary N) is 1. The maximum atomic E-state index is 9.46. The molecule has 0 saturated carbocycles. The van der Waals surface area contributed by atoms with Gasteiger partial charge in [-0.3, -0.25) is 4.90 Å². The third-order valence-corrected chi connectivity index (χ3v) is 3.18. The molecule has 0 aliphatic carbocycles. The fourth-order valence-electron chi connectivity index (χ4n) is 2.35. The zero-order chi connectivity index (χ0) is 9.26. The molecule has 4 heteroatoms. The smallest absolute Gasteiger partial charge is 0.0789 e. The van der Waals surface area contributed by atoms with Crippen LogP contribution in [0, 0.1) is 0 Å². The highest BCUT2D eigenvalue weighted by Gasteiger charge is 2.32. The summed E-state index contributed by atoms with van der Waals surface area (Å²) in [7, 11) is 0. The Kier molecular flexibility index (Phi) is 2.83. The minimum atomic E-state index is -0.341. The predicted octanol–water partition coefficient (Wildman–Crippen LogP) is -1.30. The quantitative estimate of drug-likeness (QED) is 0.573. The van der Waals surface area contributed by atoms with Crippen LogP contribution in [0.1, 0.15) is 6.42 Å². The van der Waals surface area contributed by atoms with Crippen molar-refractivity contribution in [2.75, 3.05) is 39.3 Å². The van der Waals surface area contributed by atoms with E-state index in [0.717, 1.165) is 19.6 Å². The Morgan fingerprint density at radius 3 is 3.00 bits per heavy atom. The van der Waals surface area contributed by atoms with Gasteiger partial charge < -0.3 is 15.7 Å². The highest BCUT2D eigenvalue weighted by molar-refractivity contribution is 4.89. The topological polar surface area (TPSA) is 52.7 Å². The van der Waals surface area contributed by atoms with Crippen LogP contribution < -0.4 is 5.73 Å². The summed E-state index contributed by atoms with van der Waals surface area (Å²) in [6.07, 6.45) is 0.921. The number of fused-ring (bicyclic) bond motifs is 2. The molecule has 2 unspecified atom stereocenters. The fourth-order valence-corrected chi connectivity index (χ4v) is 2.35. The van der Waals surface area contributed by atoms with Crippen molar-refractivity contribution in [1.82, 2.24) is 9.80 Å². The molecule has 2 aliphatic rings. The molecule has 0 aromatic rings. The van der Waals surface area contributed by atoms with Crippen molar-refractivity contribution < 1.29 is 5.11 Å². The molecule has 0 aromatic carbocycles. The van der Waals surface area contributed by atoms with Crippen molar-refractivity contribution in [3.05, 3.63) is 0 Å². The van der Waals surface area contributed by atoms with Crippen LogP contribution in [0.2, 0.25) is 0 Å². The molecule has 0 aromatic heterocycles. The van der Waals surface area contributed by atoms with E-state index >= 15 is 0 Å². The normalized spacial score (nSPS) is 36.5. The van der Waals surface area contributed by atoms with E-state index in [1.165, 1.54) is 19.5 Å². The lowest BCUT2D eigenvalue weighted by molar-refractivity contribution is 0.0700. The Morgan fingerprint density at radius 1 is 1.38 bits per heavy atom. The van der Waals surface area contributed by atoms with Gasteiger partial charge in [-0.1, -0.05) is 0 Å². The summed E-state index contributed by atoms with van der Waals surface area (Å²) in [5.74, 6) is 0. The van der Waals surface area contributed by atoms with E-state index in [4.69, 9.17) is 5.73 Å². The van der Waals surface area contributed by atoms with Gasteiger partial charge in [-0.2, -0.15) is 0 Å². The highest BCUT2D eigenvalue weighted by atomic mass is 16.3. The van der Waals surface area contributed by atoms with Crippen LogP contribution in [0.3, 0.4) is 0 Å². The van der Waals surface area contributed by atoms with E-state index in [-0.39, 0.29) is 6.10 Å². The van der Waals surface area contributed by atoms with E-state index in [9.17, 15) is 5.11 Å². The number of piperazine rings is 1. The lowest BCUT2D eigenvalue weighted by atomic mass is 10.2. The van der Waals surface area contributed by atoms with Crippen LogP contribution in [0.5, 0.6) is 0 Å². The summed E-state index contributed by atoms with van der Waals surface area (Å²) in [6, 6.07) is 0.676. The first kappa shape index (κ1) is 9.40. The third-order valence-electron chi connectivity index (χ3n) is 3.18. The number of nitrogens with zero attached hydrogens (tertiary/aromatic N) is 2. The van der Waals surface area contributed by atoms with E-state index in [1.54, 1.807) is 0 Å². The SMILES string of the molecule is NC[C@H](O)CN1CCN2CCC1C2. The van der Waals surface area contributed by atoms with Crippen molar-refractivity contribution in [3.8, 4) is 0 Å². The Labute approximate surface area is 79.3 Å². The molecule has 3 atom stereocenters. The molecule has 3 N–H and O–H groups in total. The first-order chi connectivity index (χ1) is 6.29. The zero-order valence-electron chi connectivity index (χ0n) is 8.02. The maximum absolute atomic E-state index is 9.46. The third kappa shape index (κ3) is 2.02. The Balaban J connectivity index is 1.85. The Morgan fingerprint density at radius 2 is 2.23 bits per heavy atom. The van der Waals surface area contributed by atoms with Gasteiger partial charge in [-0.25, -0.2) is 0 Å². The van der Waals surface area contributed by atoms with Crippen molar-refractivity contribution in [1.29, 1.82) is 0 Å². The van der Waals surface area contributed by atoms with Crippen LogP contribution in [0.25, 0.3) is 0 Å². The molecule has 2 bridgehead atoms. The molecule has 2 saturated heterocycles. The summed E-state index contributed by atoms with van der Waals surface area (Å²) < 4.78 is 0. The van der Waals surface area contributed by atoms with E-state index in [2.05, 4.69) is 9.80 Å². The molecule has 4 nitrogen and oxygen atoms in total. The fraction of sp³-hybridized carbons (Fsp3) is 1.00. The highest BCUT2D eigenvalue weighted by Crippen LogP contribution is 2.20. The van der Waals surface area contributed by atoms with Gasteiger partial charge >= 0.3 is 0 Å². The van der Waals surface area contributed by atoms with Gasteiger partial charge in [-0.05, 0) is 13.0 Å². The molecule has 0 amide bonds. The van der Waals surface area contributed by atoms with Gasteiger partial charge in [0.15, 0.2) is 0 Å². The number of aliphatic hydroxyl groups is 1. The average Bonchev–Trinajstić information content (AvgIpc) is 2.54. The second kappa shape index (κ2) is 3.92. The number of hydrogen-bond donors (Lipinski definition) is 2. The number of aliphatic hydroxyl groups excluding tert-OH is 1. The van der Waals surface area contributed by atoms with Gasteiger partial charge in [0.05, 0.1) is 6.10 Å². The van der Waals surface area contributed by atoms with Gasteiger partial charge in [0.25, 0.3) is 0 Å². The summed E-state index contributed by atoms with van der Waals surface area (Å²) in [6.45, 7) is 5.83. The van der Waals surface area contributed by atoms with Crippen molar-refractivity contribution in [2.45, 2.75) is 18.6 Å². The summed E-state index contributed by atoms with van der Waals surface area (Å²) >= 11 is 0. The van der Waals surface area contributed by atoms with Crippen molar-refractivity contribution >= 4 is 0 Å². The maximum Gasteiger partial charge on any atom is 0.0789 e. The van der Waals surface area contributed by atoms with Gasteiger partial charge in [0, 0.05) is 38.8 Å². The molecule has 2 heterocycles. The van der Waals surface area contributed by atoms with Gasteiger partial charge in [-0.15, -0.1) is 0 Å². The van der Waals surface area contributed by atoms with E-state index < -0.39 is 0 Å². The van der Waals surface area contributed by atoms with Crippen LogP contribution in [-0.2, 0) is 0 Å². The average molecular weight is 185 g/mol. The minimum Gasteiger partial charge on any atom is -0.390 e. The molecule has 13 heavy (non-hydrogen) atoms. The molecule has 0 spiro atoms. The molecule has 2 rings (SSSR count). The minimum absolute atomic E-state index is 0.341. The van der Waals surface area contributed by atoms with Crippen molar-refractivity contribution in [3.63, 3.8) is 0 Å². The number of rotatable bonds is 3. The Hall–Kier alpha value is -0.160. The standard InChI is InChI=1S/C9H19N3O/c10-5-9(13)7-12-4-3-11-2-1-8(12)6-11/h8-9,13H,1-7,10H2/t8?,9-/m0/s1. The number of hydrogen-bond acceptors (Lipinski definition) is 4. The lowest BCUT2D eigenvalue weighted by Gasteiger charge is -2.35. The van der Waals surface area contributed by atoms with E-state index in [1.807, 2.05) is 0 Å². The van der Waals surface area contributed by atoms with E-state index in [0.29, 0.717) is 12.6 Å². The first-order valence-corrected chi connectivity index (χ1v) is 5.14. The summed E-state index contributed by atoms with van der Waals surface area (Å²) in [5, 5.41) is 9.46. The van der Waals surface area contributed by atoms with Gasteiger partial charge in [0.1, 0.15) is 0 Å². The van der Waals surface area contributed by atoms with Crippen LogP contribution in [-0.4, -0.2) is 66.3 Å². The Bertz CT molecular complexity index is 176.